The van der Waals surface area contributed by atoms with Gasteiger partial charge in [-0.2, -0.15) is 5.10 Å². The van der Waals surface area contributed by atoms with Crippen LogP contribution in [0.5, 0.6) is 0 Å². The van der Waals surface area contributed by atoms with Crippen molar-refractivity contribution >= 4 is 28.8 Å². The SMILES string of the molecule is Cc1ccc(C)c(NC(=S)Nc2cc(C)n(Cc3ccccc3)n2)c1. The van der Waals surface area contributed by atoms with Crippen molar-refractivity contribution in [1.29, 1.82) is 0 Å². The fourth-order valence-corrected chi connectivity index (χ4v) is 2.84. The molecule has 3 rings (SSSR count). The van der Waals surface area contributed by atoms with Gasteiger partial charge in [0.05, 0.1) is 6.54 Å². The average Bonchev–Trinajstić information content (AvgIpc) is 2.91. The Balaban J connectivity index is 1.68. The molecule has 128 valence electrons. The van der Waals surface area contributed by atoms with Gasteiger partial charge in [-0.3, -0.25) is 4.68 Å². The molecule has 2 aromatic carbocycles. The van der Waals surface area contributed by atoms with Crippen LogP contribution in [0.4, 0.5) is 11.5 Å². The third-order valence-corrected chi connectivity index (χ3v) is 4.24. The van der Waals surface area contributed by atoms with E-state index < -0.39 is 0 Å². The molecule has 1 aromatic heterocycles. The predicted molar refractivity (Wildman–Crippen MR) is 108 cm³/mol. The summed E-state index contributed by atoms with van der Waals surface area (Å²) in [6.07, 6.45) is 0. The first-order valence-electron chi connectivity index (χ1n) is 8.25. The molecule has 0 amide bonds. The molecule has 25 heavy (non-hydrogen) atoms. The highest BCUT2D eigenvalue weighted by Gasteiger charge is 2.08. The van der Waals surface area contributed by atoms with E-state index in [1.165, 1.54) is 11.1 Å². The van der Waals surface area contributed by atoms with Gasteiger partial charge in [-0.15, -0.1) is 0 Å². The van der Waals surface area contributed by atoms with Crippen molar-refractivity contribution < 1.29 is 0 Å². The number of hydrogen-bond acceptors (Lipinski definition) is 2. The Hall–Kier alpha value is -2.66. The van der Waals surface area contributed by atoms with E-state index in [4.69, 9.17) is 12.2 Å². The summed E-state index contributed by atoms with van der Waals surface area (Å²) in [5.74, 6) is 0.747. The minimum atomic E-state index is 0.540. The lowest BCUT2D eigenvalue weighted by Crippen LogP contribution is -2.20. The summed E-state index contributed by atoms with van der Waals surface area (Å²) >= 11 is 5.43. The molecule has 0 aliphatic heterocycles. The Labute approximate surface area is 153 Å². The van der Waals surface area contributed by atoms with E-state index in [0.717, 1.165) is 29.3 Å². The van der Waals surface area contributed by atoms with Gasteiger partial charge in [0.15, 0.2) is 10.9 Å². The predicted octanol–water partition coefficient (Wildman–Crippen LogP) is 4.67. The molecule has 0 saturated heterocycles. The van der Waals surface area contributed by atoms with E-state index in [9.17, 15) is 0 Å². The van der Waals surface area contributed by atoms with Crippen LogP contribution >= 0.6 is 12.2 Å². The second-order valence-electron chi connectivity index (χ2n) is 6.21. The van der Waals surface area contributed by atoms with E-state index in [1.54, 1.807) is 0 Å². The first-order chi connectivity index (χ1) is 12.0. The lowest BCUT2D eigenvalue weighted by Gasteiger charge is -2.11. The van der Waals surface area contributed by atoms with Crippen molar-refractivity contribution in [3.8, 4) is 0 Å². The van der Waals surface area contributed by atoms with Crippen LogP contribution in [0.1, 0.15) is 22.4 Å². The first kappa shape index (κ1) is 17.2. The molecule has 0 saturated carbocycles. The van der Waals surface area contributed by atoms with Gasteiger partial charge < -0.3 is 10.6 Å². The summed E-state index contributed by atoms with van der Waals surface area (Å²) in [7, 11) is 0. The zero-order valence-corrected chi connectivity index (χ0v) is 15.5. The van der Waals surface area contributed by atoms with Crippen LogP contribution in [-0.4, -0.2) is 14.9 Å². The molecule has 4 nitrogen and oxygen atoms in total. The van der Waals surface area contributed by atoms with Crippen LogP contribution in [0.25, 0.3) is 0 Å². The lowest BCUT2D eigenvalue weighted by molar-refractivity contribution is 0.668. The van der Waals surface area contributed by atoms with Gasteiger partial charge in [0, 0.05) is 17.4 Å². The minimum absolute atomic E-state index is 0.540. The normalized spacial score (nSPS) is 10.5. The summed E-state index contributed by atoms with van der Waals surface area (Å²) < 4.78 is 1.97. The highest BCUT2D eigenvalue weighted by molar-refractivity contribution is 7.80. The van der Waals surface area contributed by atoms with Gasteiger partial charge in [-0.25, -0.2) is 0 Å². The van der Waals surface area contributed by atoms with Crippen LogP contribution in [0.15, 0.2) is 54.6 Å². The van der Waals surface area contributed by atoms with Crippen molar-refractivity contribution in [1.82, 2.24) is 9.78 Å². The Morgan fingerprint density at radius 3 is 2.52 bits per heavy atom. The Kier molecular flexibility index (Phi) is 5.14. The minimum Gasteiger partial charge on any atom is -0.332 e. The zero-order valence-electron chi connectivity index (χ0n) is 14.7. The van der Waals surface area contributed by atoms with Crippen LogP contribution in [0.3, 0.4) is 0 Å². The van der Waals surface area contributed by atoms with Gasteiger partial charge in [-0.05, 0) is 55.7 Å². The number of anilines is 2. The number of aryl methyl sites for hydroxylation is 3. The first-order valence-corrected chi connectivity index (χ1v) is 8.66. The van der Waals surface area contributed by atoms with Crippen LogP contribution in [0, 0.1) is 20.8 Å². The number of nitrogens with one attached hydrogen (secondary N) is 2. The fraction of sp³-hybridized carbons (Fsp3) is 0.200. The smallest absolute Gasteiger partial charge is 0.176 e. The number of hydrogen-bond donors (Lipinski definition) is 2. The van der Waals surface area contributed by atoms with Crippen LogP contribution in [0.2, 0.25) is 0 Å². The Morgan fingerprint density at radius 1 is 1.00 bits per heavy atom. The molecule has 0 fully saturated rings. The van der Waals surface area contributed by atoms with Crippen molar-refractivity contribution in [2.75, 3.05) is 10.6 Å². The van der Waals surface area contributed by atoms with E-state index in [-0.39, 0.29) is 0 Å². The average molecular weight is 350 g/mol. The van der Waals surface area contributed by atoms with Gasteiger partial charge >= 0.3 is 0 Å². The second-order valence-corrected chi connectivity index (χ2v) is 6.62. The highest BCUT2D eigenvalue weighted by Crippen LogP contribution is 2.17. The summed E-state index contributed by atoms with van der Waals surface area (Å²) in [6.45, 7) is 6.91. The summed E-state index contributed by atoms with van der Waals surface area (Å²) in [6, 6.07) is 18.5. The molecule has 0 aliphatic rings. The van der Waals surface area contributed by atoms with Crippen molar-refractivity contribution in [3.63, 3.8) is 0 Å². The number of rotatable bonds is 4. The molecular weight excluding hydrogens is 328 g/mol. The van der Waals surface area contributed by atoms with Gasteiger partial charge in [0.1, 0.15) is 0 Å². The van der Waals surface area contributed by atoms with Gasteiger partial charge in [0.25, 0.3) is 0 Å². The van der Waals surface area contributed by atoms with Gasteiger partial charge in [0.2, 0.25) is 0 Å². The second kappa shape index (κ2) is 7.49. The molecular formula is C20H22N4S. The van der Waals surface area contributed by atoms with Gasteiger partial charge in [-0.1, -0.05) is 42.5 Å². The molecule has 0 bridgehead atoms. The molecule has 1 heterocycles. The fourth-order valence-electron chi connectivity index (χ4n) is 2.63. The zero-order chi connectivity index (χ0) is 17.8. The molecule has 3 aromatic rings. The molecule has 0 radical (unpaired) electrons. The Bertz CT molecular complexity index is 884. The maximum Gasteiger partial charge on any atom is 0.176 e. The van der Waals surface area contributed by atoms with Crippen molar-refractivity contribution in [3.05, 3.63) is 77.0 Å². The van der Waals surface area contributed by atoms with Crippen LogP contribution < -0.4 is 10.6 Å². The molecule has 0 spiro atoms. The third kappa shape index (κ3) is 4.45. The van der Waals surface area contributed by atoms with E-state index >= 15 is 0 Å². The highest BCUT2D eigenvalue weighted by atomic mass is 32.1. The standard InChI is InChI=1S/C20H22N4S/c1-14-9-10-15(2)18(11-14)21-20(25)22-19-12-16(3)24(23-19)13-17-7-5-4-6-8-17/h4-12H,13H2,1-3H3,(H2,21,22,23,25). The molecule has 0 aliphatic carbocycles. The topological polar surface area (TPSA) is 41.9 Å². The number of benzene rings is 2. The van der Waals surface area contributed by atoms with E-state index in [0.29, 0.717) is 5.11 Å². The number of aromatic nitrogens is 2. The van der Waals surface area contributed by atoms with E-state index in [1.807, 2.05) is 35.9 Å². The number of nitrogens with zero attached hydrogens (tertiary/aromatic N) is 2. The maximum absolute atomic E-state index is 5.43. The summed E-state index contributed by atoms with van der Waals surface area (Å²) in [4.78, 5) is 0. The monoisotopic (exact) mass is 350 g/mol. The Morgan fingerprint density at radius 2 is 1.76 bits per heavy atom. The lowest BCUT2D eigenvalue weighted by atomic mass is 10.1. The molecule has 0 atom stereocenters. The maximum atomic E-state index is 5.43. The third-order valence-electron chi connectivity index (χ3n) is 4.04. The number of thiocarbonyl (C=S) groups is 1. The molecule has 2 N–H and O–H groups in total. The summed E-state index contributed by atoms with van der Waals surface area (Å²) in [5.41, 5.74) is 5.66. The molecule has 5 heteroatoms. The molecule has 0 unspecified atom stereocenters. The summed E-state index contributed by atoms with van der Waals surface area (Å²) in [5, 5.41) is 11.6. The quantitative estimate of drug-likeness (QED) is 0.671. The largest absolute Gasteiger partial charge is 0.332 e. The van der Waals surface area contributed by atoms with Crippen LogP contribution in [-0.2, 0) is 6.54 Å². The van der Waals surface area contributed by atoms with Crippen molar-refractivity contribution in [2.45, 2.75) is 27.3 Å². The van der Waals surface area contributed by atoms with Crippen molar-refractivity contribution in [2.24, 2.45) is 0 Å². The van der Waals surface area contributed by atoms with E-state index in [2.05, 4.69) is 59.9 Å².